The van der Waals surface area contributed by atoms with E-state index in [4.69, 9.17) is 21.1 Å². The molecule has 0 radical (unpaired) electrons. The number of carbonyl (C=O) groups excluding carboxylic acids is 1. The van der Waals surface area contributed by atoms with Crippen LogP contribution in [0.25, 0.3) is 10.8 Å². The summed E-state index contributed by atoms with van der Waals surface area (Å²) in [5, 5.41) is 6.52. The molecular weight excluding hydrogens is 460 g/mol. The van der Waals surface area contributed by atoms with Crippen LogP contribution in [-0.2, 0) is 4.74 Å². The first-order chi connectivity index (χ1) is 17.0. The molecule has 0 fully saturated rings. The first kappa shape index (κ1) is 23.2. The van der Waals surface area contributed by atoms with Crippen LogP contribution in [0.1, 0.15) is 28.9 Å². The SMILES string of the molecule is COC(=O)c1cc(N2CC(CN[C@H](C)c3cccc4ccccc34)Oc3ccccc32)ccc1Cl. The van der Waals surface area contributed by atoms with E-state index in [1.807, 2.05) is 30.3 Å². The largest absolute Gasteiger partial charge is 0.485 e. The fraction of sp³-hybridized carbons (Fsp3) is 0.207. The molecule has 0 saturated carbocycles. The highest BCUT2D eigenvalue weighted by Gasteiger charge is 2.28. The average molecular weight is 487 g/mol. The maximum atomic E-state index is 12.2. The highest BCUT2D eigenvalue weighted by Crippen LogP contribution is 2.39. The number of benzene rings is 4. The molecule has 1 aliphatic rings. The number of methoxy groups -OCH3 is 1. The van der Waals surface area contributed by atoms with Gasteiger partial charge in [0.2, 0.25) is 0 Å². The Morgan fingerprint density at radius 3 is 2.71 bits per heavy atom. The second-order valence-electron chi connectivity index (χ2n) is 8.67. The Kier molecular flexibility index (Phi) is 6.62. The van der Waals surface area contributed by atoms with Gasteiger partial charge in [-0.3, -0.25) is 0 Å². The maximum Gasteiger partial charge on any atom is 0.339 e. The minimum atomic E-state index is -0.458. The first-order valence-electron chi connectivity index (χ1n) is 11.7. The topological polar surface area (TPSA) is 50.8 Å². The number of para-hydroxylation sites is 2. The molecule has 35 heavy (non-hydrogen) atoms. The molecule has 5 nitrogen and oxygen atoms in total. The Morgan fingerprint density at radius 1 is 1.09 bits per heavy atom. The van der Waals surface area contributed by atoms with Crippen molar-refractivity contribution < 1.29 is 14.3 Å². The van der Waals surface area contributed by atoms with Crippen LogP contribution >= 0.6 is 11.6 Å². The van der Waals surface area contributed by atoms with Crippen molar-refractivity contribution in [3.8, 4) is 5.75 Å². The summed E-state index contributed by atoms with van der Waals surface area (Å²) in [6.07, 6.45) is -0.0976. The van der Waals surface area contributed by atoms with Gasteiger partial charge < -0.3 is 19.7 Å². The van der Waals surface area contributed by atoms with Gasteiger partial charge >= 0.3 is 5.97 Å². The molecule has 0 amide bonds. The number of nitrogens with one attached hydrogen (secondary N) is 1. The summed E-state index contributed by atoms with van der Waals surface area (Å²) in [5.74, 6) is 0.346. The lowest BCUT2D eigenvalue weighted by atomic mass is 9.99. The molecule has 0 aliphatic carbocycles. The van der Waals surface area contributed by atoms with Gasteiger partial charge in [0.05, 0.1) is 29.9 Å². The third-order valence-corrected chi connectivity index (χ3v) is 6.77. The summed E-state index contributed by atoms with van der Waals surface area (Å²) in [4.78, 5) is 14.4. The van der Waals surface area contributed by atoms with Crippen molar-refractivity contribution in [3.05, 3.63) is 101 Å². The van der Waals surface area contributed by atoms with Crippen LogP contribution in [0.4, 0.5) is 11.4 Å². The van der Waals surface area contributed by atoms with Crippen LogP contribution in [-0.4, -0.2) is 32.3 Å². The molecular formula is C29H27ClN2O3. The van der Waals surface area contributed by atoms with Crippen molar-refractivity contribution in [3.63, 3.8) is 0 Å². The lowest BCUT2D eigenvalue weighted by Crippen LogP contribution is -2.44. The van der Waals surface area contributed by atoms with Crippen molar-refractivity contribution in [1.82, 2.24) is 5.32 Å². The molecule has 1 unspecified atom stereocenters. The van der Waals surface area contributed by atoms with E-state index in [-0.39, 0.29) is 12.1 Å². The number of hydrogen-bond donors (Lipinski definition) is 1. The van der Waals surface area contributed by atoms with Crippen LogP contribution in [0.3, 0.4) is 0 Å². The average Bonchev–Trinajstić information content (AvgIpc) is 2.90. The zero-order chi connectivity index (χ0) is 24.4. The van der Waals surface area contributed by atoms with Crippen LogP contribution in [0.15, 0.2) is 84.9 Å². The summed E-state index contributed by atoms with van der Waals surface area (Å²) in [6, 6.07) is 28.4. The Hall–Kier alpha value is -3.54. The number of esters is 1. The summed E-state index contributed by atoms with van der Waals surface area (Å²) in [6.45, 7) is 3.46. The number of halogens is 1. The number of hydrogen-bond acceptors (Lipinski definition) is 5. The quantitative estimate of drug-likeness (QED) is 0.314. The third-order valence-electron chi connectivity index (χ3n) is 6.44. The van der Waals surface area contributed by atoms with Gasteiger partial charge in [-0.2, -0.15) is 0 Å². The summed E-state index contributed by atoms with van der Waals surface area (Å²) < 4.78 is 11.3. The Bertz CT molecular complexity index is 1370. The van der Waals surface area contributed by atoms with Crippen molar-refractivity contribution in [1.29, 1.82) is 0 Å². The standard InChI is InChI=1S/C29H27ClN2O3/c1-19(23-11-7-9-20-8-3-4-10-24(20)23)31-17-22-18-32(27-12-5-6-13-28(27)35-22)21-14-15-26(30)25(16-21)29(33)34-2/h3-16,19,22,31H,17-18H2,1-2H3/t19-,22?/m1/s1. The van der Waals surface area contributed by atoms with E-state index in [1.165, 1.54) is 23.4 Å². The first-order valence-corrected chi connectivity index (χ1v) is 12.0. The predicted molar refractivity (Wildman–Crippen MR) is 141 cm³/mol. The number of fused-ring (bicyclic) bond motifs is 2. The second kappa shape index (κ2) is 9.98. The van der Waals surface area contributed by atoms with Gasteiger partial charge in [-0.15, -0.1) is 0 Å². The molecule has 1 heterocycles. The number of anilines is 2. The molecule has 2 atom stereocenters. The molecule has 0 aromatic heterocycles. The number of nitrogens with zero attached hydrogens (tertiary/aromatic N) is 1. The Morgan fingerprint density at radius 2 is 1.86 bits per heavy atom. The fourth-order valence-electron chi connectivity index (χ4n) is 4.64. The minimum Gasteiger partial charge on any atom is -0.485 e. The molecule has 1 aliphatic heterocycles. The number of rotatable bonds is 6. The van der Waals surface area contributed by atoms with Gasteiger partial charge in [0.15, 0.2) is 0 Å². The van der Waals surface area contributed by atoms with E-state index in [1.54, 1.807) is 12.1 Å². The second-order valence-corrected chi connectivity index (χ2v) is 9.08. The summed E-state index contributed by atoms with van der Waals surface area (Å²) in [7, 11) is 1.36. The van der Waals surface area contributed by atoms with Crippen molar-refractivity contribution in [2.75, 3.05) is 25.1 Å². The van der Waals surface area contributed by atoms with Gasteiger partial charge in [-0.05, 0) is 53.6 Å². The lowest BCUT2D eigenvalue weighted by Gasteiger charge is -2.37. The van der Waals surface area contributed by atoms with E-state index in [9.17, 15) is 4.79 Å². The molecule has 5 rings (SSSR count). The monoisotopic (exact) mass is 486 g/mol. The highest BCUT2D eigenvalue weighted by molar-refractivity contribution is 6.33. The number of ether oxygens (including phenoxy) is 2. The smallest absolute Gasteiger partial charge is 0.339 e. The highest BCUT2D eigenvalue weighted by atomic mass is 35.5. The van der Waals surface area contributed by atoms with E-state index in [0.29, 0.717) is 23.7 Å². The normalized spacial score (nSPS) is 15.9. The summed E-state index contributed by atoms with van der Waals surface area (Å²) >= 11 is 6.27. The third kappa shape index (κ3) is 4.70. The van der Waals surface area contributed by atoms with Gasteiger partial charge in [0, 0.05) is 18.3 Å². The van der Waals surface area contributed by atoms with E-state index in [0.717, 1.165) is 17.1 Å². The van der Waals surface area contributed by atoms with Crippen LogP contribution < -0.4 is 15.0 Å². The van der Waals surface area contributed by atoms with Crippen molar-refractivity contribution >= 4 is 39.7 Å². The van der Waals surface area contributed by atoms with Gasteiger partial charge in [0.1, 0.15) is 11.9 Å². The molecule has 4 aromatic carbocycles. The van der Waals surface area contributed by atoms with Crippen LogP contribution in [0.2, 0.25) is 5.02 Å². The molecule has 0 saturated heterocycles. The van der Waals surface area contributed by atoms with Crippen molar-refractivity contribution in [2.45, 2.75) is 19.1 Å². The zero-order valence-corrected chi connectivity index (χ0v) is 20.5. The molecule has 6 heteroatoms. The zero-order valence-electron chi connectivity index (χ0n) is 19.7. The molecule has 178 valence electrons. The minimum absolute atomic E-state index is 0.0976. The Labute approximate surface area is 210 Å². The van der Waals surface area contributed by atoms with Crippen LogP contribution in [0, 0.1) is 0 Å². The molecule has 0 spiro atoms. The predicted octanol–water partition coefficient (Wildman–Crippen LogP) is 6.53. The van der Waals surface area contributed by atoms with E-state index in [2.05, 4.69) is 59.6 Å². The Balaban J connectivity index is 1.39. The van der Waals surface area contributed by atoms with Crippen molar-refractivity contribution in [2.24, 2.45) is 0 Å². The number of carbonyl (C=O) groups is 1. The van der Waals surface area contributed by atoms with Gasteiger partial charge in [-0.1, -0.05) is 66.2 Å². The molecule has 0 bridgehead atoms. The lowest BCUT2D eigenvalue weighted by molar-refractivity contribution is 0.0601. The van der Waals surface area contributed by atoms with Gasteiger partial charge in [0.25, 0.3) is 0 Å². The molecule has 4 aromatic rings. The molecule has 1 N–H and O–H groups in total. The van der Waals surface area contributed by atoms with E-state index < -0.39 is 5.97 Å². The van der Waals surface area contributed by atoms with E-state index >= 15 is 0 Å². The fourth-order valence-corrected chi connectivity index (χ4v) is 4.84. The summed E-state index contributed by atoms with van der Waals surface area (Å²) in [5.41, 5.74) is 3.41. The van der Waals surface area contributed by atoms with Crippen LogP contribution in [0.5, 0.6) is 5.75 Å². The maximum absolute atomic E-state index is 12.2. The van der Waals surface area contributed by atoms with Gasteiger partial charge in [-0.25, -0.2) is 4.79 Å².